The van der Waals surface area contributed by atoms with E-state index < -0.39 is 12.1 Å². The first-order valence-electron chi connectivity index (χ1n) is 23.3. The largest absolute Gasteiger partial charge is 0.462 e. The summed E-state index contributed by atoms with van der Waals surface area (Å²) >= 11 is 0. The highest BCUT2D eigenvalue weighted by Crippen LogP contribution is 2.14. The summed E-state index contributed by atoms with van der Waals surface area (Å²) in [4.78, 5) is 37.8. The fraction of sp³-hybridized carbons (Fsp3) is 0.635. The van der Waals surface area contributed by atoms with Crippen molar-refractivity contribution in [1.29, 1.82) is 0 Å². The summed E-state index contributed by atoms with van der Waals surface area (Å²) < 4.78 is 16.6. The van der Waals surface area contributed by atoms with Crippen LogP contribution in [0.15, 0.2) is 97.2 Å². The van der Waals surface area contributed by atoms with Crippen LogP contribution in [-0.2, 0) is 28.6 Å². The van der Waals surface area contributed by atoms with Gasteiger partial charge in [0.1, 0.15) is 13.2 Å². The van der Waals surface area contributed by atoms with Gasteiger partial charge < -0.3 is 14.2 Å². The van der Waals surface area contributed by atoms with Crippen molar-refractivity contribution in [3.05, 3.63) is 97.2 Å². The highest BCUT2D eigenvalue weighted by Gasteiger charge is 2.19. The SMILES string of the molecule is CC/C=C/C=C/C=C/C=C/C=C/CCCC(=O)OC(COC(=O)CCCCCC/C=C/C/C=C/C/C=C/CC)COC(=O)CCCCCCCCCCCCCCC. The summed E-state index contributed by atoms with van der Waals surface area (Å²) in [6.07, 6.45) is 59.7. The Balaban J connectivity index is 4.54. The van der Waals surface area contributed by atoms with E-state index in [0.29, 0.717) is 19.3 Å². The first-order chi connectivity index (χ1) is 28.5. The number of rotatable bonds is 40. The average Bonchev–Trinajstić information content (AvgIpc) is 3.22. The molecule has 6 nitrogen and oxygen atoms in total. The Kier molecular flexibility index (Phi) is 43.1. The molecule has 0 rings (SSSR count). The maximum atomic E-state index is 12.7. The molecule has 0 radical (unpaired) electrons. The van der Waals surface area contributed by atoms with Crippen LogP contribution >= 0.6 is 0 Å². The van der Waals surface area contributed by atoms with Crippen molar-refractivity contribution in [2.75, 3.05) is 13.2 Å². The van der Waals surface area contributed by atoms with Crippen LogP contribution in [-0.4, -0.2) is 37.2 Å². The van der Waals surface area contributed by atoms with Crippen LogP contribution in [0.25, 0.3) is 0 Å². The molecule has 58 heavy (non-hydrogen) atoms. The summed E-state index contributed by atoms with van der Waals surface area (Å²) in [6.45, 7) is 6.27. The van der Waals surface area contributed by atoms with Gasteiger partial charge in [-0.05, 0) is 64.2 Å². The summed E-state index contributed by atoms with van der Waals surface area (Å²) in [5, 5.41) is 0. The van der Waals surface area contributed by atoms with Crippen molar-refractivity contribution in [3.8, 4) is 0 Å². The van der Waals surface area contributed by atoms with Gasteiger partial charge in [0.15, 0.2) is 6.10 Å². The molecule has 0 aliphatic heterocycles. The Hall–Kier alpha value is -3.67. The molecule has 1 unspecified atom stereocenters. The quantitative estimate of drug-likeness (QED) is 0.0202. The predicted octanol–water partition coefficient (Wildman–Crippen LogP) is 15.0. The highest BCUT2D eigenvalue weighted by molar-refractivity contribution is 5.71. The smallest absolute Gasteiger partial charge is 0.306 e. The van der Waals surface area contributed by atoms with E-state index >= 15 is 0 Å². The molecule has 0 aromatic heterocycles. The Morgan fingerprint density at radius 3 is 1.29 bits per heavy atom. The lowest BCUT2D eigenvalue weighted by atomic mass is 10.0. The molecule has 1 atom stereocenters. The second kappa shape index (κ2) is 46.0. The molecule has 0 aliphatic carbocycles. The number of carbonyl (C=O) groups is 3. The van der Waals surface area contributed by atoms with Gasteiger partial charge in [-0.25, -0.2) is 0 Å². The van der Waals surface area contributed by atoms with E-state index in [1.54, 1.807) is 0 Å². The lowest BCUT2D eigenvalue weighted by molar-refractivity contribution is -0.167. The number of unbranched alkanes of at least 4 members (excludes halogenated alkanes) is 17. The zero-order valence-corrected chi connectivity index (χ0v) is 37.3. The number of esters is 3. The van der Waals surface area contributed by atoms with Crippen LogP contribution in [0.2, 0.25) is 0 Å². The van der Waals surface area contributed by atoms with E-state index in [1.165, 1.54) is 64.2 Å². The van der Waals surface area contributed by atoms with Crippen molar-refractivity contribution < 1.29 is 28.6 Å². The van der Waals surface area contributed by atoms with Crippen LogP contribution in [0.5, 0.6) is 0 Å². The van der Waals surface area contributed by atoms with Crippen LogP contribution in [0.3, 0.4) is 0 Å². The lowest BCUT2D eigenvalue weighted by Gasteiger charge is -2.18. The fourth-order valence-corrected chi connectivity index (χ4v) is 6.01. The van der Waals surface area contributed by atoms with Crippen LogP contribution in [0.4, 0.5) is 0 Å². The highest BCUT2D eigenvalue weighted by atomic mass is 16.6. The van der Waals surface area contributed by atoms with E-state index in [1.807, 2.05) is 54.7 Å². The number of hydrogen-bond acceptors (Lipinski definition) is 6. The van der Waals surface area contributed by atoms with Gasteiger partial charge in [0, 0.05) is 19.3 Å². The van der Waals surface area contributed by atoms with Gasteiger partial charge in [-0.3, -0.25) is 14.4 Å². The summed E-state index contributed by atoms with van der Waals surface area (Å²) in [5.74, 6) is -1.02. The molecule has 0 bridgehead atoms. The van der Waals surface area contributed by atoms with Gasteiger partial charge in [0.25, 0.3) is 0 Å². The molecule has 0 saturated heterocycles. The minimum Gasteiger partial charge on any atom is -0.462 e. The monoisotopic (exact) mass is 805 g/mol. The molecule has 328 valence electrons. The van der Waals surface area contributed by atoms with Crippen LogP contribution in [0, 0.1) is 0 Å². The van der Waals surface area contributed by atoms with Crippen molar-refractivity contribution in [2.24, 2.45) is 0 Å². The summed E-state index contributed by atoms with van der Waals surface area (Å²) in [6, 6.07) is 0. The van der Waals surface area contributed by atoms with E-state index in [4.69, 9.17) is 14.2 Å². The maximum absolute atomic E-state index is 12.7. The molecule has 6 heteroatoms. The Bertz CT molecular complexity index is 1200. The van der Waals surface area contributed by atoms with Gasteiger partial charge in [0.05, 0.1) is 0 Å². The average molecular weight is 805 g/mol. The molecular formula is C52H84O6. The minimum absolute atomic E-state index is 0.113. The number of allylic oxidation sites excluding steroid dienone is 16. The molecule has 0 aliphatic rings. The molecule has 0 N–H and O–H groups in total. The molecule has 0 aromatic carbocycles. The zero-order chi connectivity index (χ0) is 42.3. The first-order valence-corrected chi connectivity index (χ1v) is 23.3. The lowest BCUT2D eigenvalue weighted by Crippen LogP contribution is -2.30. The van der Waals surface area contributed by atoms with Crippen molar-refractivity contribution in [3.63, 3.8) is 0 Å². The molecule has 0 aromatic rings. The predicted molar refractivity (Wildman–Crippen MR) is 247 cm³/mol. The number of carbonyl (C=O) groups excluding carboxylic acids is 3. The maximum Gasteiger partial charge on any atom is 0.306 e. The van der Waals surface area contributed by atoms with Gasteiger partial charge >= 0.3 is 17.9 Å². The normalized spacial score (nSPS) is 12.9. The molecule has 0 heterocycles. The Morgan fingerprint density at radius 2 is 0.776 bits per heavy atom. The topological polar surface area (TPSA) is 78.9 Å². The van der Waals surface area contributed by atoms with Crippen molar-refractivity contribution in [2.45, 2.75) is 200 Å². The summed E-state index contributed by atoms with van der Waals surface area (Å²) in [5.41, 5.74) is 0. The second-order valence-corrected chi connectivity index (χ2v) is 15.0. The molecule has 0 amide bonds. The minimum atomic E-state index is -0.821. The van der Waals surface area contributed by atoms with Gasteiger partial charge in [0.2, 0.25) is 0 Å². The number of hydrogen-bond donors (Lipinski definition) is 0. The van der Waals surface area contributed by atoms with Crippen molar-refractivity contribution >= 4 is 17.9 Å². The van der Waals surface area contributed by atoms with E-state index in [0.717, 1.165) is 83.5 Å². The second-order valence-electron chi connectivity index (χ2n) is 15.0. The van der Waals surface area contributed by atoms with Gasteiger partial charge in [-0.2, -0.15) is 0 Å². The van der Waals surface area contributed by atoms with Crippen LogP contribution < -0.4 is 0 Å². The molecule has 0 saturated carbocycles. The van der Waals surface area contributed by atoms with Gasteiger partial charge in [-0.1, -0.05) is 208 Å². The van der Waals surface area contributed by atoms with Crippen molar-refractivity contribution in [1.82, 2.24) is 0 Å². The Morgan fingerprint density at radius 1 is 0.379 bits per heavy atom. The molecule has 0 fully saturated rings. The third-order valence-electron chi connectivity index (χ3n) is 9.46. The van der Waals surface area contributed by atoms with Crippen LogP contribution in [0.1, 0.15) is 194 Å². The zero-order valence-electron chi connectivity index (χ0n) is 37.3. The first kappa shape index (κ1) is 54.3. The van der Waals surface area contributed by atoms with E-state index in [9.17, 15) is 14.4 Å². The third-order valence-corrected chi connectivity index (χ3v) is 9.46. The number of ether oxygens (including phenoxy) is 3. The third kappa shape index (κ3) is 43.5. The molecule has 0 spiro atoms. The molecular weight excluding hydrogens is 721 g/mol. The fourth-order valence-electron chi connectivity index (χ4n) is 6.01. The van der Waals surface area contributed by atoms with E-state index in [2.05, 4.69) is 63.3 Å². The van der Waals surface area contributed by atoms with Gasteiger partial charge in [-0.15, -0.1) is 0 Å². The standard InChI is InChI=1S/C52H84O6/c1-4-7-10-13-16-19-22-25-28-30-33-36-39-42-45-51(54)57-48-49(58-52(55)46-43-40-37-34-31-27-24-21-18-15-12-9-6-3)47-56-50(53)44-41-38-35-32-29-26-23-20-17-14-11-8-5-2/h7,9-10,12,15-16,18-19,21,24-25,27-28,31,34,37,49H,4-6,8,11,13-14,17,20,22-23,26,29-30,32-33,35-36,38-48H2,1-3H3/b10-7+,12-9+,18-15+,19-16+,24-21+,28-25+,31-27+,37-34+. The Labute approximate surface area is 356 Å². The summed E-state index contributed by atoms with van der Waals surface area (Å²) in [7, 11) is 0. The van der Waals surface area contributed by atoms with E-state index in [-0.39, 0.29) is 31.6 Å².